The molecule has 0 bridgehead atoms. The van der Waals surface area contributed by atoms with Gasteiger partial charge in [-0.3, -0.25) is 9.36 Å². The van der Waals surface area contributed by atoms with Crippen molar-refractivity contribution in [3.63, 3.8) is 0 Å². The van der Waals surface area contributed by atoms with E-state index in [1.165, 1.54) is 11.3 Å². The summed E-state index contributed by atoms with van der Waals surface area (Å²) in [5.74, 6) is 1.00. The topological polar surface area (TPSA) is 73.8 Å². The molecule has 0 aliphatic heterocycles. The van der Waals surface area contributed by atoms with E-state index in [1.54, 1.807) is 10.6 Å². The van der Waals surface area contributed by atoms with Crippen LogP contribution in [0.4, 0.5) is 5.82 Å². The number of rotatable bonds is 2. The van der Waals surface area contributed by atoms with Gasteiger partial charge in [0.15, 0.2) is 5.82 Å². The number of nitrogens with two attached hydrogens (primary N) is 1. The first-order chi connectivity index (χ1) is 7.56. The third-order valence-corrected chi connectivity index (χ3v) is 3.08. The Labute approximate surface area is 96.6 Å². The van der Waals surface area contributed by atoms with Crippen LogP contribution in [-0.2, 0) is 6.54 Å². The van der Waals surface area contributed by atoms with Gasteiger partial charge in [-0.15, -0.1) is 0 Å². The van der Waals surface area contributed by atoms with Crippen molar-refractivity contribution in [1.82, 2.24) is 14.5 Å². The maximum absolute atomic E-state index is 11.5. The number of anilines is 1. The van der Waals surface area contributed by atoms with Gasteiger partial charge < -0.3 is 5.73 Å². The SMILES string of the molecule is Cc1cc(N)nc(Cn2c(C)csc2=O)n1. The molecule has 0 spiro atoms. The molecule has 0 aromatic carbocycles. The average Bonchev–Trinajstić information content (AvgIpc) is 2.48. The highest BCUT2D eigenvalue weighted by molar-refractivity contribution is 7.07. The molecule has 0 amide bonds. The van der Waals surface area contributed by atoms with Crippen molar-refractivity contribution in [2.24, 2.45) is 0 Å². The fourth-order valence-corrected chi connectivity index (χ4v) is 2.20. The molecule has 2 rings (SSSR count). The third kappa shape index (κ3) is 2.11. The first-order valence-corrected chi connectivity index (χ1v) is 5.69. The minimum absolute atomic E-state index is 0.00109. The Morgan fingerprint density at radius 1 is 1.44 bits per heavy atom. The smallest absolute Gasteiger partial charge is 0.307 e. The fraction of sp³-hybridized carbons (Fsp3) is 0.300. The Bertz CT molecular complexity index is 552. The lowest BCUT2D eigenvalue weighted by molar-refractivity contribution is 0.709. The monoisotopic (exact) mass is 236 g/mol. The lowest BCUT2D eigenvalue weighted by atomic mass is 10.4. The highest BCUT2D eigenvalue weighted by Crippen LogP contribution is 2.05. The molecule has 0 unspecified atom stereocenters. The zero-order valence-corrected chi connectivity index (χ0v) is 9.91. The van der Waals surface area contributed by atoms with Crippen LogP contribution in [0.2, 0.25) is 0 Å². The molecular weight excluding hydrogens is 224 g/mol. The van der Waals surface area contributed by atoms with Gasteiger partial charge in [0.1, 0.15) is 5.82 Å². The summed E-state index contributed by atoms with van der Waals surface area (Å²) in [6.45, 7) is 4.11. The van der Waals surface area contributed by atoms with Crippen molar-refractivity contribution >= 4 is 17.2 Å². The number of hydrogen-bond acceptors (Lipinski definition) is 5. The molecule has 0 radical (unpaired) electrons. The standard InChI is InChI=1S/C10H12N4OS/c1-6-3-8(11)13-9(12-6)4-14-7(2)5-16-10(14)15/h3,5H,4H2,1-2H3,(H2,11,12,13). The van der Waals surface area contributed by atoms with Gasteiger partial charge in [-0.1, -0.05) is 11.3 Å². The van der Waals surface area contributed by atoms with Crippen molar-refractivity contribution in [3.05, 3.63) is 38.3 Å². The molecule has 0 atom stereocenters. The highest BCUT2D eigenvalue weighted by Gasteiger charge is 2.06. The Balaban J connectivity index is 2.37. The molecule has 2 aromatic rings. The Morgan fingerprint density at radius 3 is 2.75 bits per heavy atom. The molecule has 6 heteroatoms. The van der Waals surface area contributed by atoms with Gasteiger partial charge in [-0.25, -0.2) is 9.97 Å². The maximum Gasteiger partial charge on any atom is 0.307 e. The van der Waals surface area contributed by atoms with E-state index in [0.717, 1.165) is 11.4 Å². The molecule has 0 aliphatic rings. The van der Waals surface area contributed by atoms with Crippen LogP contribution in [0.5, 0.6) is 0 Å². The zero-order valence-electron chi connectivity index (χ0n) is 9.10. The van der Waals surface area contributed by atoms with E-state index in [1.807, 2.05) is 19.2 Å². The van der Waals surface area contributed by atoms with Crippen molar-refractivity contribution in [1.29, 1.82) is 0 Å². The summed E-state index contributed by atoms with van der Waals surface area (Å²) in [5.41, 5.74) is 7.35. The predicted octanol–water partition coefficient (Wildman–Crippen LogP) is 0.947. The van der Waals surface area contributed by atoms with Crippen LogP contribution in [0.3, 0.4) is 0 Å². The normalized spacial score (nSPS) is 10.6. The highest BCUT2D eigenvalue weighted by atomic mass is 32.1. The van der Waals surface area contributed by atoms with E-state index >= 15 is 0 Å². The van der Waals surface area contributed by atoms with Crippen LogP contribution in [0.25, 0.3) is 0 Å². The van der Waals surface area contributed by atoms with E-state index in [9.17, 15) is 4.79 Å². The molecule has 0 saturated heterocycles. The largest absolute Gasteiger partial charge is 0.384 e. The van der Waals surface area contributed by atoms with Crippen molar-refractivity contribution in [2.75, 3.05) is 5.73 Å². The quantitative estimate of drug-likeness (QED) is 0.842. The third-order valence-electron chi connectivity index (χ3n) is 2.20. The van der Waals surface area contributed by atoms with Gasteiger partial charge in [0.05, 0.1) is 6.54 Å². The van der Waals surface area contributed by atoms with E-state index in [-0.39, 0.29) is 4.87 Å². The minimum atomic E-state index is 0.00109. The fourth-order valence-electron chi connectivity index (χ4n) is 1.46. The van der Waals surface area contributed by atoms with E-state index in [2.05, 4.69) is 9.97 Å². The predicted molar refractivity (Wildman–Crippen MR) is 63.6 cm³/mol. The molecule has 0 fully saturated rings. The first kappa shape index (κ1) is 10.8. The number of aryl methyl sites for hydroxylation is 2. The summed E-state index contributed by atoms with van der Waals surface area (Å²) in [5, 5.41) is 1.82. The molecule has 16 heavy (non-hydrogen) atoms. The number of hydrogen-bond donors (Lipinski definition) is 1. The lowest BCUT2D eigenvalue weighted by Crippen LogP contribution is -2.17. The number of nitrogen functional groups attached to an aromatic ring is 1. The second kappa shape index (κ2) is 4.05. The summed E-state index contributed by atoms with van der Waals surface area (Å²) >= 11 is 1.18. The van der Waals surface area contributed by atoms with E-state index in [0.29, 0.717) is 18.2 Å². The first-order valence-electron chi connectivity index (χ1n) is 4.81. The zero-order chi connectivity index (χ0) is 11.7. The summed E-state index contributed by atoms with van der Waals surface area (Å²) in [7, 11) is 0. The van der Waals surface area contributed by atoms with Gasteiger partial charge >= 0.3 is 4.87 Å². The van der Waals surface area contributed by atoms with Gasteiger partial charge in [-0.2, -0.15) is 0 Å². The molecule has 84 valence electrons. The molecular formula is C10H12N4OS. The van der Waals surface area contributed by atoms with Crippen molar-refractivity contribution in [3.8, 4) is 0 Å². The molecule has 0 saturated carbocycles. The number of aromatic nitrogens is 3. The van der Waals surface area contributed by atoms with E-state index < -0.39 is 0 Å². The average molecular weight is 236 g/mol. The summed E-state index contributed by atoms with van der Waals surface area (Å²) in [6, 6.07) is 1.70. The van der Waals surface area contributed by atoms with Crippen molar-refractivity contribution < 1.29 is 0 Å². The summed E-state index contributed by atoms with van der Waals surface area (Å²) in [4.78, 5) is 19.9. The Hall–Kier alpha value is -1.69. The lowest BCUT2D eigenvalue weighted by Gasteiger charge is -2.05. The second-order valence-corrected chi connectivity index (χ2v) is 4.40. The maximum atomic E-state index is 11.5. The summed E-state index contributed by atoms with van der Waals surface area (Å²) < 4.78 is 1.64. The van der Waals surface area contributed by atoms with Gasteiger partial charge in [0, 0.05) is 22.8 Å². The second-order valence-electron chi connectivity index (χ2n) is 3.58. The van der Waals surface area contributed by atoms with Crippen LogP contribution in [0.1, 0.15) is 17.2 Å². The molecule has 2 heterocycles. The van der Waals surface area contributed by atoms with Gasteiger partial charge in [-0.05, 0) is 13.8 Å². The summed E-state index contributed by atoms with van der Waals surface area (Å²) in [6.07, 6.45) is 0. The Morgan fingerprint density at radius 2 is 2.19 bits per heavy atom. The molecule has 2 N–H and O–H groups in total. The Kier molecular flexibility index (Phi) is 2.74. The van der Waals surface area contributed by atoms with Gasteiger partial charge in [0.25, 0.3) is 0 Å². The minimum Gasteiger partial charge on any atom is -0.384 e. The van der Waals surface area contributed by atoms with Crippen molar-refractivity contribution in [2.45, 2.75) is 20.4 Å². The van der Waals surface area contributed by atoms with E-state index in [4.69, 9.17) is 5.73 Å². The van der Waals surface area contributed by atoms with Crippen LogP contribution in [0, 0.1) is 13.8 Å². The molecule has 5 nitrogen and oxygen atoms in total. The van der Waals surface area contributed by atoms with Crippen LogP contribution in [0.15, 0.2) is 16.2 Å². The van der Waals surface area contributed by atoms with Gasteiger partial charge in [0.2, 0.25) is 0 Å². The number of nitrogens with zero attached hydrogens (tertiary/aromatic N) is 3. The molecule has 0 aliphatic carbocycles. The van der Waals surface area contributed by atoms with Crippen LogP contribution in [-0.4, -0.2) is 14.5 Å². The molecule has 2 aromatic heterocycles. The van der Waals surface area contributed by atoms with Crippen LogP contribution < -0.4 is 10.6 Å². The number of thiazole rings is 1. The van der Waals surface area contributed by atoms with Crippen LogP contribution >= 0.6 is 11.3 Å².